The lowest BCUT2D eigenvalue weighted by atomic mass is 10.1. The summed E-state index contributed by atoms with van der Waals surface area (Å²) in [6, 6.07) is 11.8. The minimum absolute atomic E-state index is 0.659. The maximum Gasteiger partial charge on any atom is 0.164 e. The van der Waals surface area contributed by atoms with Gasteiger partial charge in [-0.1, -0.05) is 0 Å². The molecule has 2 aromatic carbocycles. The van der Waals surface area contributed by atoms with Crippen LogP contribution in [-0.2, 0) is 0 Å². The van der Waals surface area contributed by atoms with Gasteiger partial charge in [0.2, 0.25) is 0 Å². The highest BCUT2D eigenvalue weighted by atomic mass is 16.5. The standard InChI is InChI=1S/C18H14N6O/c1-25-12-4-2-10(3-5-12)17-13(9-20-24-17)18-21-15-6-11-8-19-23-14(11)7-16(15)22-18/h2-9,19,23H,1H3,(H,20,24). The Balaban J connectivity index is 1.63. The Hall–Kier alpha value is -3.61. The summed E-state index contributed by atoms with van der Waals surface area (Å²) in [6.45, 7) is 0. The van der Waals surface area contributed by atoms with Crippen LogP contribution in [0.3, 0.4) is 0 Å². The van der Waals surface area contributed by atoms with E-state index in [4.69, 9.17) is 4.74 Å². The van der Waals surface area contributed by atoms with Gasteiger partial charge in [0.25, 0.3) is 0 Å². The third-order valence-corrected chi connectivity index (χ3v) is 4.29. The van der Waals surface area contributed by atoms with Gasteiger partial charge < -0.3 is 14.9 Å². The maximum atomic E-state index is 5.22. The van der Waals surface area contributed by atoms with Gasteiger partial charge in [-0.25, -0.2) is 9.97 Å². The molecule has 0 saturated heterocycles. The van der Waals surface area contributed by atoms with Gasteiger partial charge in [-0.2, -0.15) is 5.10 Å². The van der Waals surface area contributed by atoms with Crippen molar-refractivity contribution in [2.45, 2.75) is 0 Å². The van der Waals surface area contributed by atoms with E-state index in [1.165, 1.54) is 0 Å². The molecule has 5 rings (SSSR count). The monoisotopic (exact) mass is 330 g/mol. The highest BCUT2D eigenvalue weighted by molar-refractivity contribution is 5.94. The molecule has 122 valence electrons. The normalized spacial score (nSPS) is 11.4. The van der Waals surface area contributed by atoms with E-state index in [1.807, 2.05) is 42.6 Å². The second-order valence-corrected chi connectivity index (χ2v) is 5.78. The average Bonchev–Trinajstić information content (AvgIpc) is 3.37. The van der Waals surface area contributed by atoms with E-state index in [2.05, 4.69) is 30.4 Å². The molecule has 0 unspecified atom stereocenters. The Morgan fingerprint density at radius 3 is 2.60 bits per heavy atom. The van der Waals surface area contributed by atoms with E-state index < -0.39 is 0 Å². The zero-order chi connectivity index (χ0) is 16.8. The predicted molar refractivity (Wildman–Crippen MR) is 95.3 cm³/mol. The number of H-pyrrole nitrogens is 3. The molecule has 0 radical (unpaired) electrons. The smallest absolute Gasteiger partial charge is 0.164 e. The van der Waals surface area contributed by atoms with Gasteiger partial charge in [0.15, 0.2) is 5.82 Å². The second kappa shape index (κ2) is 5.20. The first-order chi connectivity index (χ1) is 12.3. The molecule has 7 nitrogen and oxygen atoms in total. The number of imidazole rings is 1. The molecule has 0 atom stereocenters. The topological polar surface area (TPSA) is 95.3 Å². The van der Waals surface area contributed by atoms with Crippen molar-refractivity contribution >= 4 is 21.9 Å². The molecule has 7 heteroatoms. The van der Waals surface area contributed by atoms with Gasteiger partial charge in [-0.3, -0.25) is 5.10 Å². The number of benzene rings is 2. The molecule has 0 spiro atoms. The van der Waals surface area contributed by atoms with Crippen LogP contribution in [0.25, 0.3) is 44.6 Å². The van der Waals surface area contributed by atoms with Crippen molar-refractivity contribution in [3.63, 3.8) is 0 Å². The van der Waals surface area contributed by atoms with Crippen molar-refractivity contribution in [2.75, 3.05) is 7.11 Å². The van der Waals surface area contributed by atoms with E-state index in [0.29, 0.717) is 5.82 Å². The van der Waals surface area contributed by atoms with E-state index in [-0.39, 0.29) is 0 Å². The van der Waals surface area contributed by atoms with Crippen molar-refractivity contribution in [3.8, 4) is 28.4 Å². The molecule has 0 bridgehead atoms. The number of hydrogen-bond acceptors (Lipinski definition) is 4. The van der Waals surface area contributed by atoms with E-state index >= 15 is 0 Å². The van der Waals surface area contributed by atoms with E-state index in [0.717, 1.165) is 44.5 Å². The summed E-state index contributed by atoms with van der Waals surface area (Å²) in [4.78, 5) is 9.36. The summed E-state index contributed by atoms with van der Waals surface area (Å²) in [5, 5.41) is 14.4. The Morgan fingerprint density at radius 2 is 1.80 bits per heavy atom. The first-order valence-electron chi connectivity index (χ1n) is 7.83. The van der Waals surface area contributed by atoms with Crippen molar-refractivity contribution in [1.82, 2.24) is 30.4 Å². The highest BCUT2D eigenvalue weighted by Crippen LogP contribution is 2.31. The van der Waals surface area contributed by atoms with Gasteiger partial charge in [0.1, 0.15) is 5.75 Å². The van der Waals surface area contributed by atoms with Gasteiger partial charge in [-0.05, 0) is 36.4 Å². The lowest BCUT2D eigenvalue weighted by Crippen LogP contribution is -1.86. The SMILES string of the molecule is COc1ccc(-c2[nH]ncc2-c2nc3cc4c[nH][nH]c4cc3n2)cc1. The van der Waals surface area contributed by atoms with Gasteiger partial charge in [0, 0.05) is 17.1 Å². The largest absolute Gasteiger partial charge is 0.497 e. The van der Waals surface area contributed by atoms with E-state index in [9.17, 15) is 0 Å². The number of aromatic nitrogens is 6. The first-order valence-corrected chi connectivity index (χ1v) is 7.83. The van der Waals surface area contributed by atoms with Crippen LogP contribution in [0.5, 0.6) is 5.75 Å². The fraction of sp³-hybridized carbons (Fsp3) is 0.0556. The summed E-state index contributed by atoms with van der Waals surface area (Å²) in [5.41, 5.74) is 5.47. The summed E-state index contributed by atoms with van der Waals surface area (Å²) in [5.74, 6) is 1.47. The Kier molecular flexibility index (Phi) is 2.87. The number of fused-ring (bicyclic) bond motifs is 2. The van der Waals surface area contributed by atoms with Crippen molar-refractivity contribution in [2.24, 2.45) is 0 Å². The van der Waals surface area contributed by atoms with E-state index in [1.54, 1.807) is 13.3 Å². The van der Waals surface area contributed by atoms with Crippen LogP contribution in [0.2, 0.25) is 0 Å². The number of hydrogen-bond donors (Lipinski definition) is 3. The third-order valence-electron chi connectivity index (χ3n) is 4.29. The molecule has 0 fully saturated rings. The van der Waals surface area contributed by atoms with Crippen LogP contribution in [0, 0.1) is 0 Å². The molecule has 0 aliphatic carbocycles. The van der Waals surface area contributed by atoms with Gasteiger partial charge >= 0.3 is 0 Å². The number of ether oxygens (including phenoxy) is 1. The van der Waals surface area contributed by atoms with Crippen LogP contribution in [0.1, 0.15) is 0 Å². The molecule has 3 N–H and O–H groups in total. The molecule has 0 saturated carbocycles. The zero-order valence-corrected chi connectivity index (χ0v) is 13.4. The number of rotatable bonds is 3. The molecule has 3 aromatic heterocycles. The summed E-state index contributed by atoms with van der Waals surface area (Å²) in [7, 11) is 1.65. The van der Waals surface area contributed by atoms with Crippen LogP contribution < -0.4 is 4.74 Å². The fourth-order valence-corrected chi connectivity index (χ4v) is 3.00. The predicted octanol–water partition coefficient (Wildman–Crippen LogP) is 3.50. The molecular weight excluding hydrogens is 316 g/mol. The quantitative estimate of drug-likeness (QED) is 0.472. The third kappa shape index (κ3) is 2.17. The average molecular weight is 330 g/mol. The van der Waals surface area contributed by atoms with Crippen LogP contribution in [0.15, 0.2) is 48.8 Å². The van der Waals surface area contributed by atoms with Gasteiger partial charge in [0.05, 0.1) is 41.1 Å². The van der Waals surface area contributed by atoms with Crippen molar-refractivity contribution < 1.29 is 4.74 Å². The summed E-state index contributed by atoms with van der Waals surface area (Å²) >= 11 is 0. The summed E-state index contributed by atoms with van der Waals surface area (Å²) < 4.78 is 5.22. The van der Waals surface area contributed by atoms with Crippen molar-refractivity contribution in [3.05, 3.63) is 48.8 Å². The summed E-state index contributed by atoms with van der Waals surface area (Å²) in [6.07, 6.45) is 3.66. The molecule has 0 amide bonds. The maximum absolute atomic E-state index is 5.22. The number of nitrogens with zero attached hydrogens (tertiary/aromatic N) is 3. The Labute approximate surface area is 142 Å². The first kappa shape index (κ1) is 13.8. The molecule has 0 aliphatic heterocycles. The number of nitrogens with one attached hydrogen (secondary N) is 3. The van der Waals surface area contributed by atoms with Crippen LogP contribution in [-0.4, -0.2) is 37.5 Å². The minimum atomic E-state index is 0.659. The molecular formula is C18H14N6O. The second-order valence-electron chi connectivity index (χ2n) is 5.78. The number of methoxy groups -OCH3 is 1. The lowest BCUT2D eigenvalue weighted by molar-refractivity contribution is 0.415. The zero-order valence-electron chi connectivity index (χ0n) is 13.4. The van der Waals surface area contributed by atoms with Crippen LogP contribution in [0.4, 0.5) is 0 Å². The van der Waals surface area contributed by atoms with Crippen molar-refractivity contribution in [1.29, 1.82) is 0 Å². The minimum Gasteiger partial charge on any atom is -0.497 e. The molecule has 25 heavy (non-hydrogen) atoms. The highest BCUT2D eigenvalue weighted by Gasteiger charge is 2.15. The fourth-order valence-electron chi connectivity index (χ4n) is 3.00. The Morgan fingerprint density at radius 1 is 1.00 bits per heavy atom. The molecule has 5 aromatic rings. The van der Waals surface area contributed by atoms with Crippen LogP contribution >= 0.6 is 0 Å². The Bertz CT molecular complexity index is 1130. The lowest BCUT2D eigenvalue weighted by Gasteiger charge is -2.03. The molecule has 3 heterocycles. The molecule has 0 aliphatic rings. The van der Waals surface area contributed by atoms with Gasteiger partial charge in [-0.15, -0.1) is 0 Å². The number of aromatic amines is 3.